The number of rotatable bonds is 3. The van der Waals surface area contributed by atoms with Crippen molar-refractivity contribution in [3.05, 3.63) is 65.0 Å². The molecule has 1 aromatic carbocycles. The van der Waals surface area contributed by atoms with Gasteiger partial charge in [-0.15, -0.1) is 0 Å². The summed E-state index contributed by atoms with van der Waals surface area (Å²) in [6, 6.07) is 12.1. The standard InChI is InChI=1S/C15H17NO/c1-11-5-3-7-13(9-11)10-14(17)15-12(2)6-4-8-16-15/h3-9,14,17H,10H2,1-2H3. The Balaban J connectivity index is 2.17. The van der Waals surface area contributed by atoms with Crippen LogP contribution in [0.4, 0.5) is 0 Å². The van der Waals surface area contributed by atoms with E-state index in [4.69, 9.17) is 0 Å². The van der Waals surface area contributed by atoms with E-state index >= 15 is 0 Å². The van der Waals surface area contributed by atoms with Crippen molar-refractivity contribution in [3.8, 4) is 0 Å². The van der Waals surface area contributed by atoms with Crippen LogP contribution < -0.4 is 0 Å². The van der Waals surface area contributed by atoms with E-state index in [1.54, 1.807) is 6.20 Å². The Labute approximate surface area is 102 Å². The van der Waals surface area contributed by atoms with Crippen molar-refractivity contribution in [1.29, 1.82) is 0 Å². The minimum absolute atomic E-state index is 0.530. The van der Waals surface area contributed by atoms with Gasteiger partial charge in [0.1, 0.15) is 6.10 Å². The highest BCUT2D eigenvalue weighted by Crippen LogP contribution is 2.19. The summed E-state index contributed by atoms with van der Waals surface area (Å²) in [7, 11) is 0. The molecule has 1 aromatic heterocycles. The quantitative estimate of drug-likeness (QED) is 0.874. The Kier molecular flexibility index (Phi) is 3.55. The second-order valence-corrected chi connectivity index (χ2v) is 4.41. The first-order valence-electron chi connectivity index (χ1n) is 5.82. The molecule has 0 saturated heterocycles. The van der Waals surface area contributed by atoms with Crippen LogP contribution in [0.25, 0.3) is 0 Å². The van der Waals surface area contributed by atoms with Crippen LogP contribution in [0.5, 0.6) is 0 Å². The van der Waals surface area contributed by atoms with Gasteiger partial charge < -0.3 is 5.11 Å². The van der Waals surface area contributed by atoms with Crippen molar-refractivity contribution in [3.63, 3.8) is 0 Å². The Morgan fingerprint density at radius 3 is 2.71 bits per heavy atom. The van der Waals surface area contributed by atoms with E-state index in [1.807, 2.05) is 31.2 Å². The first kappa shape index (κ1) is 11.8. The number of pyridine rings is 1. The molecule has 17 heavy (non-hydrogen) atoms. The molecule has 0 aliphatic heterocycles. The van der Waals surface area contributed by atoms with E-state index in [2.05, 4.69) is 24.0 Å². The van der Waals surface area contributed by atoms with Gasteiger partial charge in [0, 0.05) is 12.6 Å². The summed E-state index contributed by atoms with van der Waals surface area (Å²) < 4.78 is 0. The first-order chi connectivity index (χ1) is 8.16. The largest absolute Gasteiger partial charge is 0.386 e. The normalized spacial score (nSPS) is 12.4. The van der Waals surface area contributed by atoms with E-state index in [1.165, 1.54) is 5.56 Å². The molecule has 1 heterocycles. The smallest absolute Gasteiger partial charge is 0.100 e. The van der Waals surface area contributed by atoms with Crippen LogP contribution in [0.3, 0.4) is 0 Å². The predicted molar refractivity (Wildman–Crippen MR) is 68.8 cm³/mol. The second-order valence-electron chi connectivity index (χ2n) is 4.41. The zero-order valence-corrected chi connectivity index (χ0v) is 10.2. The molecule has 1 atom stereocenters. The lowest BCUT2D eigenvalue weighted by molar-refractivity contribution is 0.173. The van der Waals surface area contributed by atoms with Crippen LogP contribution in [-0.2, 0) is 6.42 Å². The van der Waals surface area contributed by atoms with Crippen LogP contribution in [0.15, 0.2) is 42.6 Å². The topological polar surface area (TPSA) is 33.1 Å². The SMILES string of the molecule is Cc1cccc(CC(O)c2ncccc2C)c1. The predicted octanol–water partition coefficient (Wildman–Crippen LogP) is 2.97. The molecule has 0 radical (unpaired) electrons. The molecule has 0 bridgehead atoms. The summed E-state index contributed by atoms with van der Waals surface area (Å²) in [6.45, 7) is 4.03. The lowest BCUT2D eigenvalue weighted by Crippen LogP contribution is -2.06. The van der Waals surface area contributed by atoms with Crippen LogP contribution in [0.1, 0.15) is 28.5 Å². The molecule has 0 amide bonds. The highest BCUT2D eigenvalue weighted by atomic mass is 16.3. The average molecular weight is 227 g/mol. The fourth-order valence-electron chi connectivity index (χ4n) is 2.01. The van der Waals surface area contributed by atoms with Crippen molar-refractivity contribution >= 4 is 0 Å². The Morgan fingerprint density at radius 2 is 2.00 bits per heavy atom. The van der Waals surface area contributed by atoms with Gasteiger partial charge in [0.05, 0.1) is 5.69 Å². The molecule has 1 N–H and O–H groups in total. The summed E-state index contributed by atoms with van der Waals surface area (Å²) in [5, 5.41) is 10.2. The van der Waals surface area contributed by atoms with Gasteiger partial charge in [0.25, 0.3) is 0 Å². The van der Waals surface area contributed by atoms with Gasteiger partial charge in [0.2, 0.25) is 0 Å². The van der Waals surface area contributed by atoms with Crippen molar-refractivity contribution < 1.29 is 5.11 Å². The molecular formula is C15H17NO. The average Bonchev–Trinajstić information content (AvgIpc) is 2.29. The third-order valence-corrected chi connectivity index (χ3v) is 2.88. The second kappa shape index (κ2) is 5.11. The number of nitrogens with zero attached hydrogens (tertiary/aromatic N) is 1. The molecule has 0 saturated carbocycles. The monoisotopic (exact) mass is 227 g/mol. The molecule has 88 valence electrons. The van der Waals surface area contributed by atoms with E-state index in [-0.39, 0.29) is 0 Å². The maximum Gasteiger partial charge on any atom is 0.100 e. The minimum atomic E-state index is -0.530. The fourth-order valence-corrected chi connectivity index (χ4v) is 2.01. The van der Waals surface area contributed by atoms with Gasteiger partial charge in [-0.1, -0.05) is 35.9 Å². The van der Waals surface area contributed by atoms with Gasteiger partial charge in [-0.25, -0.2) is 0 Å². The highest BCUT2D eigenvalue weighted by Gasteiger charge is 2.12. The third-order valence-electron chi connectivity index (χ3n) is 2.88. The van der Waals surface area contributed by atoms with Crippen molar-refractivity contribution in [2.24, 2.45) is 0 Å². The molecule has 0 aliphatic rings. The molecule has 2 rings (SSSR count). The molecule has 1 unspecified atom stereocenters. The zero-order valence-electron chi connectivity index (χ0n) is 10.2. The molecular weight excluding hydrogens is 210 g/mol. The zero-order chi connectivity index (χ0) is 12.3. The summed E-state index contributed by atoms with van der Waals surface area (Å²) in [4.78, 5) is 4.25. The molecule has 0 fully saturated rings. The van der Waals surface area contributed by atoms with Crippen molar-refractivity contribution in [1.82, 2.24) is 4.98 Å². The first-order valence-corrected chi connectivity index (χ1v) is 5.82. The van der Waals surface area contributed by atoms with Gasteiger partial charge in [0.15, 0.2) is 0 Å². The molecule has 2 aromatic rings. The number of aliphatic hydroxyl groups is 1. The van der Waals surface area contributed by atoms with E-state index in [9.17, 15) is 5.11 Å². The number of benzene rings is 1. The van der Waals surface area contributed by atoms with Gasteiger partial charge >= 0.3 is 0 Å². The highest BCUT2D eigenvalue weighted by molar-refractivity contribution is 5.26. The number of hydrogen-bond donors (Lipinski definition) is 1. The summed E-state index contributed by atoms with van der Waals surface area (Å²) >= 11 is 0. The minimum Gasteiger partial charge on any atom is -0.386 e. The molecule has 2 heteroatoms. The van der Waals surface area contributed by atoms with Gasteiger partial charge in [-0.3, -0.25) is 4.98 Å². The van der Waals surface area contributed by atoms with Crippen LogP contribution >= 0.6 is 0 Å². The Morgan fingerprint density at radius 1 is 1.18 bits per heavy atom. The summed E-state index contributed by atoms with van der Waals surface area (Å²) in [5.41, 5.74) is 4.16. The maximum absolute atomic E-state index is 10.2. The summed E-state index contributed by atoms with van der Waals surface area (Å²) in [6.07, 6.45) is 1.81. The van der Waals surface area contributed by atoms with Gasteiger partial charge in [-0.05, 0) is 31.0 Å². The number of aryl methyl sites for hydroxylation is 2. The fraction of sp³-hybridized carbons (Fsp3) is 0.267. The van der Waals surface area contributed by atoms with Crippen LogP contribution in [0, 0.1) is 13.8 Å². The van der Waals surface area contributed by atoms with E-state index in [0.717, 1.165) is 16.8 Å². The van der Waals surface area contributed by atoms with Crippen molar-refractivity contribution in [2.75, 3.05) is 0 Å². The van der Waals surface area contributed by atoms with Gasteiger partial charge in [-0.2, -0.15) is 0 Å². The number of aromatic nitrogens is 1. The molecule has 0 aliphatic carbocycles. The number of hydrogen-bond acceptors (Lipinski definition) is 2. The lowest BCUT2D eigenvalue weighted by Gasteiger charge is -2.12. The van der Waals surface area contributed by atoms with E-state index < -0.39 is 6.10 Å². The van der Waals surface area contributed by atoms with E-state index in [0.29, 0.717) is 6.42 Å². The Bertz CT molecular complexity index is 508. The lowest BCUT2D eigenvalue weighted by atomic mass is 10.0. The Hall–Kier alpha value is -1.67. The van der Waals surface area contributed by atoms with Crippen LogP contribution in [0.2, 0.25) is 0 Å². The third kappa shape index (κ3) is 2.92. The van der Waals surface area contributed by atoms with Crippen LogP contribution in [-0.4, -0.2) is 10.1 Å². The van der Waals surface area contributed by atoms with Crippen molar-refractivity contribution in [2.45, 2.75) is 26.4 Å². The molecule has 2 nitrogen and oxygen atoms in total. The molecule has 0 spiro atoms. The number of aliphatic hydroxyl groups excluding tert-OH is 1. The summed E-state index contributed by atoms with van der Waals surface area (Å²) in [5.74, 6) is 0. The maximum atomic E-state index is 10.2.